The van der Waals surface area contributed by atoms with Crippen LogP contribution >= 0.6 is 0 Å². The largest absolute Gasteiger partial charge is 0.497 e. The molecule has 3 aromatic rings. The number of fused-ring (bicyclic) bond motifs is 6. The molecule has 0 saturated heterocycles. The van der Waals surface area contributed by atoms with Gasteiger partial charge in [-0.2, -0.15) is 0 Å². The second-order valence-corrected chi connectivity index (χ2v) is 6.48. The second-order valence-electron chi connectivity index (χ2n) is 6.48. The van der Waals surface area contributed by atoms with Gasteiger partial charge in [0.1, 0.15) is 5.75 Å². The number of aromatic nitrogens is 1. The van der Waals surface area contributed by atoms with Crippen LogP contribution in [0.4, 0.5) is 0 Å². The van der Waals surface area contributed by atoms with Crippen molar-refractivity contribution in [2.75, 3.05) is 20.8 Å². The lowest BCUT2D eigenvalue weighted by Crippen LogP contribution is -2.45. The van der Waals surface area contributed by atoms with E-state index >= 15 is 0 Å². The van der Waals surface area contributed by atoms with Crippen molar-refractivity contribution in [3.63, 3.8) is 0 Å². The lowest BCUT2D eigenvalue weighted by atomic mass is 9.99. The monoisotopic (exact) mass is 350 g/mol. The summed E-state index contributed by atoms with van der Waals surface area (Å²) < 4.78 is 17.0. The van der Waals surface area contributed by atoms with E-state index in [2.05, 4.69) is 4.98 Å². The van der Waals surface area contributed by atoms with Gasteiger partial charge in [0.15, 0.2) is 11.5 Å². The molecule has 6 nitrogen and oxygen atoms in total. The highest BCUT2D eigenvalue weighted by Gasteiger charge is 2.41. The van der Waals surface area contributed by atoms with Crippen LogP contribution < -0.4 is 14.2 Å². The SMILES string of the molecule is COc1ccc2[nH]c3c(c2c1)CCN1C(=O)c2cccc(OC)c2OC31. The molecule has 1 amide bonds. The number of ether oxygens (including phenoxy) is 3. The van der Waals surface area contributed by atoms with E-state index in [4.69, 9.17) is 14.2 Å². The number of hydrogen-bond acceptors (Lipinski definition) is 4. The van der Waals surface area contributed by atoms with Crippen LogP contribution in [0.1, 0.15) is 27.8 Å². The first-order chi connectivity index (χ1) is 12.7. The maximum Gasteiger partial charge on any atom is 0.260 e. The summed E-state index contributed by atoms with van der Waals surface area (Å²) >= 11 is 0. The summed E-state index contributed by atoms with van der Waals surface area (Å²) in [5, 5.41) is 1.11. The zero-order valence-corrected chi connectivity index (χ0v) is 14.5. The summed E-state index contributed by atoms with van der Waals surface area (Å²) in [5.41, 5.74) is 3.65. The maximum atomic E-state index is 13.0. The molecule has 0 fully saturated rings. The van der Waals surface area contributed by atoms with Crippen LogP contribution in [0.2, 0.25) is 0 Å². The quantitative estimate of drug-likeness (QED) is 0.770. The van der Waals surface area contributed by atoms with Crippen LogP contribution in [-0.4, -0.2) is 36.6 Å². The first-order valence-corrected chi connectivity index (χ1v) is 8.54. The van der Waals surface area contributed by atoms with Crippen LogP contribution in [0.5, 0.6) is 17.2 Å². The van der Waals surface area contributed by atoms with E-state index in [9.17, 15) is 4.79 Å². The molecule has 1 unspecified atom stereocenters. The van der Waals surface area contributed by atoms with E-state index in [0.717, 1.165) is 28.8 Å². The number of carbonyl (C=O) groups is 1. The third-order valence-electron chi connectivity index (χ3n) is 5.20. The van der Waals surface area contributed by atoms with Crippen molar-refractivity contribution in [3.8, 4) is 17.2 Å². The summed E-state index contributed by atoms with van der Waals surface area (Å²) in [5.74, 6) is 1.86. The number of hydrogen-bond donors (Lipinski definition) is 1. The minimum Gasteiger partial charge on any atom is -0.497 e. The van der Waals surface area contributed by atoms with Crippen molar-refractivity contribution in [3.05, 3.63) is 53.2 Å². The predicted octanol–water partition coefficient (Wildman–Crippen LogP) is 3.27. The van der Waals surface area contributed by atoms with Crippen molar-refractivity contribution in [2.45, 2.75) is 12.6 Å². The van der Waals surface area contributed by atoms with Crippen molar-refractivity contribution in [2.24, 2.45) is 0 Å². The van der Waals surface area contributed by atoms with Gasteiger partial charge in [-0.05, 0) is 42.3 Å². The van der Waals surface area contributed by atoms with Crippen molar-refractivity contribution < 1.29 is 19.0 Å². The van der Waals surface area contributed by atoms with Crippen LogP contribution in [0, 0.1) is 0 Å². The lowest BCUT2D eigenvalue weighted by molar-refractivity contribution is 0.000618. The molecule has 0 saturated carbocycles. The molecule has 5 rings (SSSR count). The average molecular weight is 350 g/mol. The fourth-order valence-corrected chi connectivity index (χ4v) is 3.92. The Kier molecular flexibility index (Phi) is 3.16. The van der Waals surface area contributed by atoms with E-state index in [-0.39, 0.29) is 5.91 Å². The number of rotatable bonds is 2. The molecular weight excluding hydrogens is 332 g/mol. The summed E-state index contributed by atoms with van der Waals surface area (Å²) in [6, 6.07) is 11.3. The third kappa shape index (κ3) is 1.95. The summed E-state index contributed by atoms with van der Waals surface area (Å²) in [6.07, 6.45) is 0.293. The Morgan fingerprint density at radius 3 is 2.88 bits per heavy atom. The van der Waals surface area contributed by atoms with Crippen molar-refractivity contribution in [1.29, 1.82) is 0 Å². The molecule has 2 aromatic carbocycles. The topological polar surface area (TPSA) is 63.8 Å². The van der Waals surface area contributed by atoms with Gasteiger partial charge in [0, 0.05) is 17.4 Å². The fraction of sp³-hybridized carbons (Fsp3) is 0.250. The highest BCUT2D eigenvalue weighted by atomic mass is 16.5. The Labute approximate surface area is 150 Å². The highest BCUT2D eigenvalue weighted by Crippen LogP contribution is 2.44. The Hall–Kier alpha value is -3.15. The molecule has 6 heteroatoms. The normalized spacial score (nSPS) is 18.0. The van der Waals surface area contributed by atoms with E-state index in [0.29, 0.717) is 23.6 Å². The second kappa shape index (κ2) is 5.42. The molecule has 1 aromatic heterocycles. The summed E-state index contributed by atoms with van der Waals surface area (Å²) in [6.45, 7) is 0.608. The van der Waals surface area contributed by atoms with Gasteiger partial charge in [-0.1, -0.05) is 6.07 Å². The number of nitrogens with zero attached hydrogens (tertiary/aromatic N) is 1. The third-order valence-corrected chi connectivity index (χ3v) is 5.20. The first kappa shape index (κ1) is 15.1. The number of amides is 1. The molecule has 0 radical (unpaired) electrons. The van der Waals surface area contributed by atoms with Gasteiger partial charge >= 0.3 is 0 Å². The summed E-state index contributed by atoms with van der Waals surface area (Å²) in [4.78, 5) is 18.2. The van der Waals surface area contributed by atoms with E-state index in [1.165, 1.54) is 5.56 Å². The fourth-order valence-electron chi connectivity index (χ4n) is 3.92. The molecule has 26 heavy (non-hydrogen) atoms. The van der Waals surface area contributed by atoms with Crippen LogP contribution in [0.15, 0.2) is 36.4 Å². The molecule has 0 aliphatic carbocycles. The predicted molar refractivity (Wildman–Crippen MR) is 96.0 cm³/mol. The molecule has 3 heterocycles. The lowest BCUT2D eigenvalue weighted by Gasteiger charge is -2.39. The van der Waals surface area contributed by atoms with Gasteiger partial charge in [-0.3, -0.25) is 9.69 Å². The van der Waals surface area contributed by atoms with Crippen LogP contribution in [0.3, 0.4) is 0 Å². The molecular formula is C20H18N2O4. The molecule has 2 aliphatic heterocycles. The number of carbonyl (C=O) groups excluding carboxylic acids is 1. The molecule has 0 spiro atoms. The van der Waals surface area contributed by atoms with Gasteiger partial charge in [-0.15, -0.1) is 0 Å². The maximum absolute atomic E-state index is 13.0. The molecule has 1 N–H and O–H groups in total. The molecule has 132 valence electrons. The van der Waals surface area contributed by atoms with Crippen LogP contribution in [-0.2, 0) is 6.42 Å². The van der Waals surface area contributed by atoms with E-state index in [1.807, 2.05) is 30.3 Å². The molecule has 1 atom stereocenters. The van der Waals surface area contributed by atoms with Gasteiger partial charge < -0.3 is 19.2 Å². The van der Waals surface area contributed by atoms with E-state index < -0.39 is 6.23 Å². The number of H-pyrrole nitrogens is 1. The van der Waals surface area contributed by atoms with Gasteiger partial charge in [0.05, 0.1) is 25.5 Å². The Balaban J connectivity index is 1.67. The first-order valence-electron chi connectivity index (χ1n) is 8.54. The minimum atomic E-state index is -0.478. The summed E-state index contributed by atoms with van der Waals surface area (Å²) in [7, 11) is 3.24. The number of para-hydroxylation sites is 1. The zero-order valence-electron chi connectivity index (χ0n) is 14.5. The van der Waals surface area contributed by atoms with Crippen molar-refractivity contribution >= 4 is 16.8 Å². The molecule has 2 aliphatic rings. The number of aromatic amines is 1. The van der Waals surface area contributed by atoms with Gasteiger partial charge in [0.25, 0.3) is 5.91 Å². The number of methoxy groups -OCH3 is 2. The number of nitrogens with one attached hydrogen (secondary N) is 1. The van der Waals surface area contributed by atoms with Gasteiger partial charge in [-0.25, -0.2) is 0 Å². The standard InChI is InChI=1S/C20H18N2O4/c1-24-11-6-7-15-14(10-11)12-8-9-22-19(23)13-4-3-5-16(25-2)18(13)26-20(22)17(12)21-15/h3-7,10,20-21H,8-9H2,1-2H3. The zero-order chi connectivity index (χ0) is 17.8. The Morgan fingerprint density at radius 1 is 1.19 bits per heavy atom. The van der Waals surface area contributed by atoms with Crippen LogP contribution in [0.25, 0.3) is 10.9 Å². The number of benzene rings is 2. The average Bonchev–Trinajstić information content (AvgIpc) is 3.06. The highest BCUT2D eigenvalue weighted by molar-refractivity contribution is 5.99. The van der Waals surface area contributed by atoms with E-state index in [1.54, 1.807) is 25.2 Å². The van der Waals surface area contributed by atoms with Crippen molar-refractivity contribution in [1.82, 2.24) is 9.88 Å². The Bertz CT molecular complexity index is 1040. The Morgan fingerprint density at radius 2 is 2.08 bits per heavy atom. The van der Waals surface area contributed by atoms with Gasteiger partial charge in [0.2, 0.25) is 6.23 Å². The minimum absolute atomic E-state index is 0.0305. The smallest absolute Gasteiger partial charge is 0.260 e. The molecule has 0 bridgehead atoms.